The smallest absolute Gasteiger partial charge is 0.309 e. The summed E-state index contributed by atoms with van der Waals surface area (Å²) >= 11 is 6.06. The van der Waals surface area contributed by atoms with E-state index in [4.69, 9.17) is 16.3 Å². The molecule has 0 aromatic heterocycles. The number of ether oxygens (including phenoxy) is 1. The Kier molecular flexibility index (Phi) is 6.42. The van der Waals surface area contributed by atoms with Gasteiger partial charge in [-0.15, -0.1) is 0 Å². The summed E-state index contributed by atoms with van der Waals surface area (Å²) in [5, 5.41) is 3.53. The number of likely N-dealkylation sites (tertiary alicyclic amines) is 1. The Hall–Kier alpha value is -1.59. The van der Waals surface area contributed by atoms with Crippen molar-refractivity contribution < 1.29 is 14.3 Å². The van der Waals surface area contributed by atoms with Crippen LogP contribution in [0.3, 0.4) is 0 Å². The molecule has 1 aliphatic rings. The molecule has 0 radical (unpaired) electrons. The topological polar surface area (TPSA) is 58.6 Å². The summed E-state index contributed by atoms with van der Waals surface area (Å²) in [6, 6.07) is 5.45. The molecule has 23 heavy (non-hydrogen) atoms. The molecule has 1 fully saturated rings. The van der Waals surface area contributed by atoms with Crippen molar-refractivity contribution in [2.45, 2.75) is 26.7 Å². The fourth-order valence-electron chi connectivity index (χ4n) is 2.72. The van der Waals surface area contributed by atoms with Gasteiger partial charge in [0.15, 0.2) is 0 Å². The molecule has 5 nitrogen and oxygen atoms in total. The first-order chi connectivity index (χ1) is 11.0. The van der Waals surface area contributed by atoms with E-state index in [1.165, 1.54) is 0 Å². The van der Waals surface area contributed by atoms with E-state index in [-0.39, 0.29) is 17.8 Å². The number of esters is 1. The lowest BCUT2D eigenvalue weighted by Crippen LogP contribution is -2.41. The number of piperidine rings is 1. The van der Waals surface area contributed by atoms with E-state index in [1.54, 1.807) is 6.07 Å². The molecule has 0 aliphatic carbocycles. The zero-order valence-corrected chi connectivity index (χ0v) is 14.4. The number of carbonyl (C=O) groups is 2. The van der Waals surface area contributed by atoms with Crippen molar-refractivity contribution in [1.82, 2.24) is 4.90 Å². The molecule has 0 spiro atoms. The largest absolute Gasteiger partial charge is 0.466 e. The first-order valence-electron chi connectivity index (χ1n) is 7.95. The molecule has 126 valence electrons. The van der Waals surface area contributed by atoms with Crippen LogP contribution in [0.1, 0.15) is 25.3 Å². The van der Waals surface area contributed by atoms with Gasteiger partial charge in [0.1, 0.15) is 0 Å². The van der Waals surface area contributed by atoms with Crippen LogP contribution < -0.4 is 5.32 Å². The molecule has 1 heterocycles. The van der Waals surface area contributed by atoms with E-state index in [1.807, 2.05) is 26.0 Å². The molecule has 2 rings (SSSR count). The van der Waals surface area contributed by atoms with Gasteiger partial charge in [-0.25, -0.2) is 0 Å². The average Bonchev–Trinajstić information content (AvgIpc) is 2.53. The molecule has 1 saturated heterocycles. The highest BCUT2D eigenvalue weighted by molar-refractivity contribution is 6.31. The van der Waals surface area contributed by atoms with Gasteiger partial charge in [-0.05, 0) is 57.5 Å². The molecule has 0 saturated carbocycles. The fraction of sp³-hybridized carbons (Fsp3) is 0.529. The quantitative estimate of drug-likeness (QED) is 0.839. The molecular formula is C17H23ClN2O3. The maximum Gasteiger partial charge on any atom is 0.309 e. The third-order valence-electron chi connectivity index (χ3n) is 4.12. The van der Waals surface area contributed by atoms with Crippen molar-refractivity contribution in [2.75, 3.05) is 31.6 Å². The minimum atomic E-state index is -0.119. The maximum absolute atomic E-state index is 12.2. The van der Waals surface area contributed by atoms with E-state index < -0.39 is 0 Å². The Morgan fingerprint density at radius 3 is 2.70 bits per heavy atom. The van der Waals surface area contributed by atoms with Gasteiger partial charge in [0.2, 0.25) is 5.91 Å². The first kappa shape index (κ1) is 17.8. The number of benzene rings is 1. The van der Waals surface area contributed by atoms with Gasteiger partial charge in [0.05, 0.1) is 19.1 Å². The van der Waals surface area contributed by atoms with Gasteiger partial charge in [0.25, 0.3) is 0 Å². The molecular weight excluding hydrogens is 316 g/mol. The number of amides is 1. The monoisotopic (exact) mass is 338 g/mol. The number of carbonyl (C=O) groups excluding carboxylic acids is 2. The van der Waals surface area contributed by atoms with Crippen LogP contribution in [0.2, 0.25) is 5.02 Å². The molecule has 0 bridgehead atoms. The molecule has 0 atom stereocenters. The number of rotatable bonds is 5. The Morgan fingerprint density at radius 2 is 2.04 bits per heavy atom. The summed E-state index contributed by atoms with van der Waals surface area (Å²) < 4.78 is 5.05. The lowest BCUT2D eigenvalue weighted by atomic mass is 9.97. The predicted molar refractivity (Wildman–Crippen MR) is 90.6 cm³/mol. The predicted octanol–water partition coefficient (Wildman–Crippen LogP) is 2.86. The normalized spacial score (nSPS) is 16.1. The highest BCUT2D eigenvalue weighted by atomic mass is 35.5. The lowest BCUT2D eigenvalue weighted by Gasteiger charge is -2.30. The van der Waals surface area contributed by atoms with Crippen LogP contribution in [0.5, 0.6) is 0 Å². The van der Waals surface area contributed by atoms with Gasteiger partial charge in [0, 0.05) is 10.7 Å². The highest BCUT2D eigenvalue weighted by Crippen LogP contribution is 2.23. The third-order valence-corrected chi connectivity index (χ3v) is 4.53. The van der Waals surface area contributed by atoms with E-state index in [0.29, 0.717) is 18.2 Å². The van der Waals surface area contributed by atoms with E-state index >= 15 is 0 Å². The van der Waals surface area contributed by atoms with Gasteiger partial charge in [-0.2, -0.15) is 0 Å². The minimum absolute atomic E-state index is 0.0376. The van der Waals surface area contributed by atoms with E-state index in [9.17, 15) is 9.59 Å². The SMILES string of the molecule is CCOC(=O)C1CCN(CC(=O)Nc2cccc(Cl)c2C)CC1. The summed E-state index contributed by atoms with van der Waals surface area (Å²) in [6.45, 7) is 5.89. The summed E-state index contributed by atoms with van der Waals surface area (Å²) in [5.74, 6) is -0.222. The number of hydrogen-bond donors (Lipinski definition) is 1. The minimum Gasteiger partial charge on any atom is -0.466 e. The average molecular weight is 339 g/mol. The second-order valence-corrected chi connectivity index (χ2v) is 6.17. The van der Waals surface area contributed by atoms with Gasteiger partial charge in [-0.1, -0.05) is 17.7 Å². The molecule has 1 aromatic rings. The molecule has 1 N–H and O–H groups in total. The van der Waals surface area contributed by atoms with Crippen LogP contribution in [0.15, 0.2) is 18.2 Å². The summed E-state index contributed by atoms with van der Waals surface area (Å²) in [7, 11) is 0. The third kappa shape index (κ3) is 4.94. The van der Waals surface area contributed by atoms with E-state index in [2.05, 4.69) is 10.2 Å². The molecule has 1 amide bonds. The first-order valence-corrected chi connectivity index (χ1v) is 8.33. The Labute approximate surface area is 141 Å². The van der Waals surface area contributed by atoms with Crippen molar-refractivity contribution in [1.29, 1.82) is 0 Å². The van der Waals surface area contributed by atoms with E-state index in [0.717, 1.165) is 37.2 Å². The van der Waals surface area contributed by atoms with Crippen molar-refractivity contribution in [3.05, 3.63) is 28.8 Å². The Morgan fingerprint density at radius 1 is 1.35 bits per heavy atom. The second-order valence-electron chi connectivity index (χ2n) is 5.76. The van der Waals surface area contributed by atoms with Crippen LogP contribution >= 0.6 is 11.6 Å². The zero-order chi connectivity index (χ0) is 16.8. The van der Waals surface area contributed by atoms with Gasteiger partial charge >= 0.3 is 5.97 Å². The second kappa shape index (κ2) is 8.31. The van der Waals surface area contributed by atoms with Crippen LogP contribution in [-0.4, -0.2) is 43.0 Å². The summed E-state index contributed by atoms with van der Waals surface area (Å²) in [6.07, 6.45) is 1.48. The molecule has 1 aliphatic heterocycles. The Balaban J connectivity index is 1.81. The maximum atomic E-state index is 12.2. The standard InChI is InChI=1S/C17H23ClN2O3/c1-3-23-17(22)13-7-9-20(10-8-13)11-16(21)19-15-6-4-5-14(18)12(15)2/h4-6,13H,3,7-11H2,1-2H3,(H,19,21). The molecule has 6 heteroatoms. The molecule has 1 aromatic carbocycles. The van der Waals surface area contributed by atoms with Crippen molar-refractivity contribution in [2.24, 2.45) is 5.92 Å². The lowest BCUT2D eigenvalue weighted by molar-refractivity contribution is -0.149. The number of hydrogen-bond acceptors (Lipinski definition) is 4. The number of nitrogens with zero attached hydrogens (tertiary/aromatic N) is 1. The van der Waals surface area contributed by atoms with Gasteiger partial charge in [-0.3, -0.25) is 14.5 Å². The summed E-state index contributed by atoms with van der Waals surface area (Å²) in [5.41, 5.74) is 1.60. The van der Waals surface area contributed by atoms with Crippen molar-refractivity contribution in [3.8, 4) is 0 Å². The van der Waals surface area contributed by atoms with Crippen LogP contribution in [0.25, 0.3) is 0 Å². The summed E-state index contributed by atoms with van der Waals surface area (Å²) in [4.78, 5) is 25.9. The van der Waals surface area contributed by atoms with Crippen LogP contribution in [-0.2, 0) is 14.3 Å². The highest BCUT2D eigenvalue weighted by Gasteiger charge is 2.26. The number of nitrogens with one attached hydrogen (secondary N) is 1. The van der Waals surface area contributed by atoms with Gasteiger partial charge < -0.3 is 10.1 Å². The number of anilines is 1. The van der Waals surface area contributed by atoms with Crippen LogP contribution in [0, 0.1) is 12.8 Å². The van der Waals surface area contributed by atoms with Crippen molar-refractivity contribution in [3.63, 3.8) is 0 Å². The molecule has 0 unspecified atom stereocenters. The number of halogens is 1. The van der Waals surface area contributed by atoms with Crippen LogP contribution in [0.4, 0.5) is 5.69 Å². The van der Waals surface area contributed by atoms with Crippen molar-refractivity contribution >= 4 is 29.2 Å². The zero-order valence-electron chi connectivity index (χ0n) is 13.6. The fourth-order valence-corrected chi connectivity index (χ4v) is 2.90. The Bertz CT molecular complexity index is 569.